The summed E-state index contributed by atoms with van der Waals surface area (Å²) in [6.45, 7) is 28.0. The lowest BCUT2D eigenvalue weighted by Gasteiger charge is -2.39. The number of Topliss-reactive ketones (excluding diaryl/α,β-unsaturated/α-hetero) is 3. The Morgan fingerprint density at radius 3 is 1.16 bits per heavy atom. The van der Waals surface area contributed by atoms with Gasteiger partial charge in [0.2, 0.25) is 11.8 Å². The number of amides is 2. The highest BCUT2D eigenvalue weighted by Crippen LogP contribution is 2.26. The number of hydrogen-bond donors (Lipinski definition) is 2. The van der Waals surface area contributed by atoms with Gasteiger partial charge in [-0.3, -0.25) is 28.9 Å². The minimum absolute atomic E-state index is 0.00480. The zero-order valence-electron chi connectivity index (χ0n) is 56.0. The van der Waals surface area contributed by atoms with E-state index >= 15 is 0 Å². The molecule has 0 saturated heterocycles. The van der Waals surface area contributed by atoms with Crippen LogP contribution in [0.15, 0.2) is 178 Å². The number of thioether (sulfide) groups is 3. The Morgan fingerprint density at radius 1 is 0.484 bits per heavy atom. The van der Waals surface area contributed by atoms with Crippen molar-refractivity contribution in [2.24, 2.45) is 5.73 Å². The van der Waals surface area contributed by atoms with E-state index in [1.54, 1.807) is 78.0 Å². The number of carbonyl (C=O) groups excluding carboxylic acids is 6. The van der Waals surface area contributed by atoms with Gasteiger partial charge in [-0.2, -0.15) is 0 Å². The minimum atomic E-state index is -0.915. The van der Waals surface area contributed by atoms with Crippen molar-refractivity contribution in [3.63, 3.8) is 0 Å². The molecule has 0 aliphatic rings. The van der Waals surface area contributed by atoms with Crippen molar-refractivity contribution in [2.75, 3.05) is 103 Å². The summed E-state index contributed by atoms with van der Waals surface area (Å²) in [6, 6.07) is 52.5. The molecule has 0 spiro atoms. The number of nitrogens with zero attached hydrogens (tertiary/aromatic N) is 4. The molecule has 0 heterocycles. The van der Waals surface area contributed by atoms with E-state index in [0.29, 0.717) is 101 Å². The van der Waals surface area contributed by atoms with E-state index < -0.39 is 16.6 Å². The van der Waals surface area contributed by atoms with Gasteiger partial charge in [0.25, 0.3) is 0 Å². The fraction of sp³-hybridized carbons (Fsp3) is 0.425. The number of carbonyl (C=O) groups is 6. The molecule has 0 aliphatic heterocycles. The molecule has 0 fully saturated rings. The van der Waals surface area contributed by atoms with Crippen molar-refractivity contribution < 1.29 is 43.0 Å². The Hall–Kier alpha value is -6.77. The summed E-state index contributed by atoms with van der Waals surface area (Å²) >= 11 is 5.23. The molecule has 0 saturated carbocycles. The van der Waals surface area contributed by atoms with Gasteiger partial charge >= 0.3 is 0 Å². The summed E-state index contributed by atoms with van der Waals surface area (Å²) in [7, 11) is 2.03. The summed E-state index contributed by atoms with van der Waals surface area (Å²) in [5.74, 6) is 4.48. The molecule has 91 heavy (non-hydrogen) atoms. The minimum Gasteiger partial charge on any atom is -0.493 e. The van der Waals surface area contributed by atoms with Crippen LogP contribution in [0.5, 0.6) is 17.2 Å². The predicted octanol–water partition coefficient (Wildman–Crippen LogP) is 13.2. The third-order valence-corrected chi connectivity index (χ3v) is 17.2. The fourth-order valence-electron chi connectivity index (χ4n) is 9.01. The highest BCUT2D eigenvalue weighted by Gasteiger charge is 2.36. The molecule has 3 N–H and O–H groups in total. The van der Waals surface area contributed by atoms with E-state index in [1.807, 2.05) is 171 Å². The normalized spacial score (nSPS) is 11.2. The van der Waals surface area contributed by atoms with Gasteiger partial charge in [-0.15, -0.1) is 35.3 Å². The van der Waals surface area contributed by atoms with E-state index in [0.717, 1.165) is 35.0 Å². The molecule has 2 amide bonds. The van der Waals surface area contributed by atoms with Crippen molar-refractivity contribution >= 4 is 70.7 Å². The molecule has 15 nitrogen and oxygen atoms in total. The van der Waals surface area contributed by atoms with E-state index in [1.165, 1.54) is 28.5 Å². The van der Waals surface area contributed by atoms with Crippen molar-refractivity contribution in [1.29, 1.82) is 0 Å². The highest BCUT2D eigenvalue weighted by atomic mass is 32.2. The Bertz CT molecular complexity index is 3040. The Kier molecular flexibility index (Phi) is 36.5. The number of aldehydes is 1. The largest absolute Gasteiger partial charge is 0.493 e. The first-order chi connectivity index (χ1) is 43.5. The Balaban J connectivity index is 0.000000662. The number of rotatable bonds is 36. The van der Waals surface area contributed by atoms with E-state index in [9.17, 15) is 24.0 Å². The molecule has 6 rings (SSSR count). The van der Waals surface area contributed by atoms with Gasteiger partial charge < -0.3 is 44.8 Å². The van der Waals surface area contributed by atoms with Crippen LogP contribution in [0.3, 0.4) is 0 Å². The fourth-order valence-corrected chi connectivity index (χ4v) is 11.3. The van der Waals surface area contributed by atoms with Gasteiger partial charge in [-0.05, 0) is 172 Å². The maximum absolute atomic E-state index is 14.3. The third-order valence-electron chi connectivity index (χ3n) is 14.3. The monoisotopic (exact) mass is 1300 g/mol. The first kappa shape index (κ1) is 78.5. The number of hydrogen-bond acceptors (Lipinski definition) is 16. The van der Waals surface area contributed by atoms with Crippen LogP contribution >= 0.6 is 35.3 Å². The van der Waals surface area contributed by atoms with Crippen LogP contribution in [0.1, 0.15) is 114 Å². The smallest absolute Gasteiger partial charge is 0.219 e. The second kappa shape index (κ2) is 42.4. The van der Waals surface area contributed by atoms with Gasteiger partial charge in [0, 0.05) is 121 Å². The maximum Gasteiger partial charge on any atom is 0.219 e. The summed E-state index contributed by atoms with van der Waals surface area (Å²) in [5, 5.41) is 3.46. The molecular weight excluding hydrogens is 1200 g/mol. The summed E-state index contributed by atoms with van der Waals surface area (Å²) in [5.41, 5.74) is 5.05. The number of ketones is 3. The van der Waals surface area contributed by atoms with Crippen LogP contribution in [-0.4, -0.2) is 175 Å². The molecule has 0 aliphatic carbocycles. The molecule has 0 aromatic heterocycles. The predicted molar refractivity (Wildman–Crippen MR) is 377 cm³/mol. The van der Waals surface area contributed by atoms with Crippen LogP contribution in [0.2, 0.25) is 0 Å². The molecule has 494 valence electrons. The standard InChI is InChI=1S/C51H69N5O6S2.C18H21NO2S.C2H4O.C2H6/c1-9-54(40(2)57)31-32-55(41(3)58)33-35-56(51(6,7)49(60)43-22-26-45(27-23-43)62-37-39-64-47-18-14-11-15-19-47)34-30-53(8)29-28-52-50(4,5)48(59)42-20-24-44(25-21-42)61-36-38-63-46-16-12-10-13-17-46;1-18(2,19)17(20)14-8-10-15(11-9-14)21-12-13-22-16-6-4-3-5-7-16;1-2-3;1-2/h10-27,52H,9,28-39H2,1-8H3;3-11H,12-13,19H2,1-2H3;2H,1H3;1-2H3. The van der Waals surface area contributed by atoms with Crippen molar-refractivity contribution in [1.82, 2.24) is 24.9 Å². The van der Waals surface area contributed by atoms with Crippen molar-refractivity contribution in [3.8, 4) is 17.2 Å². The van der Waals surface area contributed by atoms with E-state index in [-0.39, 0.29) is 29.2 Å². The van der Waals surface area contributed by atoms with Gasteiger partial charge in [0.15, 0.2) is 17.3 Å². The second-order valence-corrected chi connectivity index (χ2v) is 26.1. The van der Waals surface area contributed by atoms with Crippen molar-refractivity contribution in [3.05, 3.63) is 180 Å². The van der Waals surface area contributed by atoms with Crippen LogP contribution in [0.4, 0.5) is 0 Å². The molecule has 18 heteroatoms. The van der Waals surface area contributed by atoms with Crippen LogP contribution in [-0.2, 0) is 14.4 Å². The molecular formula is C73H100N6O9S3. The molecule has 0 unspecified atom stereocenters. The molecule has 0 bridgehead atoms. The van der Waals surface area contributed by atoms with E-state index in [4.69, 9.17) is 24.7 Å². The molecule has 0 atom stereocenters. The van der Waals surface area contributed by atoms with E-state index in [2.05, 4.69) is 51.5 Å². The van der Waals surface area contributed by atoms with Crippen LogP contribution in [0, 0.1) is 0 Å². The Morgan fingerprint density at radius 2 is 0.813 bits per heavy atom. The molecule has 0 radical (unpaired) electrons. The van der Waals surface area contributed by atoms with Crippen LogP contribution in [0.25, 0.3) is 0 Å². The lowest BCUT2D eigenvalue weighted by molar-refractivity contribution is -0.133. The summed E-state index contributed by atoms with van der Waals surface area (Å²) in [4.78, 5) is 85.1. The van der Waals surface area contributed by atoms with Gasteiger partial charge in [-0.25, -0.2) is 0 Å². The maximum atomic E-state index is 14.3. The highest BCUT2D eigenvalue weighted by molar-refractivity contribution is 7.99. The first-order valence-electron chi connectivity index (χ1n) is 31.2. The average molecular weight is 1300 g/mol. The number of likely N-dealkylation sites (N-methyl/N-ethyl adjacent to an activating group) is 2. The molecule has 6 aromatic rings. The second-order valence-electron chi connectivity index (χ2n) is 22.6. The van der Waals surface area contributed by atoms with Crippen LogP contribution < -0.4 is 25.3 Å². The van der Waals surface area contributed by atoms with Gasteiger partial charge in [0.05, 0.1) is 36.4 Å². The van der Waals surface area contributed by atoms with Gasteiger partial charge in [-0.1, -0.05) is 68.4 Å². The number of ether oxygens (including phenoxy) is 3. The first-order valence-corrected chi connectivity index (χ1v) is 34.2. The third kappa shape index (κ3) is 29.6. The SMILES string of the molecule is CC.CC(C)(N)C(=O)c1ccc(OCCSc2ccccc2)cc1.CC=O.CCN(CCN(CCN(CCN(C)CCNC(C)(C)C(=O)c1ccc(OCCSc2ccccc2)cc1)C(C)(C)C(=O)c1ccc(OCCSc2ccccc2)cc1)C(C)=O)C(C)=O. The number of benzene rings is 6. The zero-order valence-corrected chi connectivity index (χ0v) is 58.5. The van der Waals surface area contributed by atoms with Gasteiger partial charge in [0.1, 0.15) is 23.5 Å². The number of nitrogens with one attached hydrogen (secondary N) is 1. The average Bonchev–Trinajstić information content (AvgIpc) is 1.20. The lowest BCUT2D eigenvalue weighted by atomic mass is 9.91. The summed E-state index contributed by atoms with van der Waals surface area (Å²) in [6.07, 6.45) is 0.750. The Labute approximate surface area is 556 Å². The zero-order chi connectivity index (χ0) is 67.2. The number of nitrogens with two attached hydrogens (primary N) is 1. The topological polar surface area (TPSA) is 181 Å². The lowest BCUT2D eigenvalue weighted by Crippen LogP contribution is -2.55. The summed E-state index contributed by atoms with van der Waals surface area (Å²) < 4.78 is 17.6. The quantitative estimate of drug-likeness (QED) is 0.0164. The molecule has 6 aromatic carbocycles. The van der Waals surface area contributed by atoms with Crippen molar-refractivity contribution in [2.45, 2.75) is 114 Å².